The smallest absolute Gasteiger partial charge is 0.306 e. The first-order chi connectivity index (χ1) is 11.4. The molecule has 1 heterocycles. The van der Waals surface area contributed by atoms with E-state index in [1.165, 1.54) is 0 Å². The van der Waals surface area contributed by atoms with E-state index in [0.29, 0.717) is 18.7 Å². The number of ether oxygens (including phenoxy) is 1. The van der Waals surface area contributed by atoms with Crippen molar-refractivity contribution in [2.24, 2.45) is 0 Å². The van der Waals surface area contributed by atoms with Gasteiger partial charge in [-0.1, -0.05) is 17.7 Å². The van der Waals surface area contributed by atoms with Crippen LogP contribution in [-0.4, -0.2) is 53.5 Å². The maximum absolute atomic E-state index is 12.3. The average Bonchev–Trinajstić information content (AvgIpc) is 2.54. The van der Waals surface area contributed by atoms with Crippen LogP contribution in [0.5, 0.6) is 0 Å². The number of morpholine rings is 1. The van der Waals surface area contributed by atoms with Crippen LogP contribution in [0.15, 0.2) is 18.2 Å². The molecule has 0 spiro atoms. The fraction of sp³-hybridized carbons (Fsp3) is 0.500. The second kappa shape index (κ2) is 8.06. The van der Waals surface area contributed by atoms with Crippen molar-refractivity contribution in [2.75, 3.05) is 19.7 Å². The fourth-order valence-electron chi connectivity index (χ4n) is 2.81. The highest BCUT2D eigenvalue weighted by molar-refractivity contribution is 5.99. The van der Waals surface area contributed by atoms with Crippen LogP contribution in [0, 0.1) is 13.8 Å². The molecule has 1 amide bonds. The Balaban J connectivity index is 1.89. The standard InChI is InChI=1S/C18H23NO5/c1-12-3-4-13(2)15(9-12)16(20)5-6-17(21)19-7-8-24-14(11-19)10-18(22)23/h3-4,9,14H,5-8,10-11H2,1-2H3,(H,22,23). The first kappa shape index (κ1) is 18.1. The van der Waals surface area contributed by atoms with Gasteiger partial charge in [-0.15, -0.1) is 0 Å². The molecule has 0 saturated carbocycles. The minimum absolute atomic E-state index is 0.0418. The van der Waals surface area contributed by atoms with E-state index >= 15 is 0 Å². The summed E-state index contributed by atoms with van der Waals surface area (Å²) in [6.45, 7) is 4.84. The van der Waals surface area contributed by atoms with Crippen LogP contribution in [0.1, 0.15) is 40.7 Å². The van der Waals surface area contributed by atoms with Gasteiger partial charge in [0.15, 0.2) is 5.78 Å². The molecule has 1 unspecified atom stereocenters. The first-order valence-corrected chi connectivity index (χ1v) is 8.08. The third-order valence-electron chi connectivity index (χ3n) is 4.15. The average molecular weight is 333 g/mol. The molecule has 2 rings (SSSR count). The topological polar surface area (TPSA) is 83.9 Å². The van der Waals surface area contributed by atoms with Gasteiger partial charge in [0.05, 0.1) is 19.1 Å². The summed E-state index contributed by atoms with van der Waals surface area (Å²) in [6, 6.07) is 5.70. The van der Waals surface area contributed by atoms with Crippen LogP contribution >= 0.6 is 0 Å². The molecule has 1 aliphatic rings. The lowest BCUT2D eigenvalue weighted by molar-refractivity contribution is -0.147. The molecule has 24 heavy (non-hydrogen) atoms. The van der Waals surface area contributed by atoms with Gasteiger partial charge in [-0.2, -0.15) is 0 Å². The molecule has 1 aromatic rings. The predicted octanol–water partition coefficient (Wildman–Crippen LogP) is 1.97. The summed E-state index contributed by atoms with van der Waals surface area (Å²) in [5, 5.41) is 8.81. The largest absolute Gasteiger partial charge is 0.481 e. The fourth-order valence-corrected chi connectivity index (χ4v) is 2.81. The highest BCUT2D eigenvalue weighted by Crippen LogP contribution is 2.15. The van der Waals surface area contributed by atoms with Crippen LogP contribution in [0.4, 0.5) is 0 Å². The molecule has 0 radical (unpaired) electrons. The molecule has 1 aliphatic heterocycles. The number of benzene rings is 1. The van der Waals surface area contributed by atoms with E-state index in [-0.39, 0.29) is 37.5 Å². The second-order valence-electron chi connectivity index (χ2n) is 6.17. The number of hydrogen-bond donors (Lipinski definition) is 1. The third kappa shape index (κ3) is 4.89. The Kier molecular flexibility index (Phi) is 6.09. The van der Waals surface area contributed by atoms with Crippen molar-refractivity contribution in [2.45, 2.75) is 39.2 Å². The van der Waals surface area contributed by atoms with Gasteiger partial charge in [0.1, 0.15) is 0 Å². The number of carbonyl (C=O) groups is 3. The van der Waals surface area contributed by atoms with Crippen LogP contribution in [-0.2, 0) is 14.3 Å². The molecule has 1 aromatic carbocycles. The van der Waals surface area contributed by atoms with Gasteiger partial charge in [0.25, 0.3) is 0 Å². The van der Waals surface area contributed by atoms with Gasteiger partial charge >= 0.3 is 5.97 Å². The summed E-state index contributed by atoms with van der Waals surface area (Å²) >= 11 is 0. The van der Waals surface area contributed by atoms with E-state index in [9.17, 15) is 14.4 Å². The number of hydrogen-bond acceptors (Lipinski definition) is 4. The number of aryl methyl sites for hydroxylation is 2. The van der Waals surface area contributed by atoms with Crippen molar-refractivity contribution >= 4 is 17.7 Å². The van der Waals surface area contributed by atoms with Crippen LogP contribution in [0.2, 0.25) is 0 Å². The Bertz CT molecular complexity index is 640. The normalized spacial score (nSPS) is 17.6. The summed E-state index contributed by atoms with van der Waals surface area (Å²) in [5.41, 5.74) is 2.58. The number of Topliss-reactive ketones (excluding diaryl/α,β-unsaturated/α-hetero) is 1. The monoisotopic (exact) mass is 333 g/mol. The molecule has 0 bridgehead atoms. The van der Waals surface area contributed by atoms with Gasteiger partial charge in [0.2, 0.25) is 5.91 Å². The first-order valence-electron chi connectivity index (χ1n) is 8.08. The van der Waals surface area contributed by atoms with Crippen LogP contribution in [0.25, 0.3) is 0 Å². The van der Waals surface area contributed by atoms with E-state index in [1.54, 1.807) is 4.90 Å². The van der Waals surface area contributed by atoms with Gasteiger partial charge in [0, 0.05) is 31.5 Å². The lowest BCUT2D eigenvalue weighted by Gasteiger charge is -2.32. The van der Waals surface area contributed by atoms with Crippen molar-refractivity contribution in [1.29, 1.82) is 0 Å². The summed E-state index contributed by atoms with van der Waals surface area (Å²) in [6.07, 6.45) is -0.309. The highest BCUT2D eigenvalue weighted by Gasteiger charge is 2.26. The number of aliphatic carboxylic acids is 1. The number of rotatable bonds is 6. The van der Waals surface area contributed by atoms with Gasteiger partial charge in [-0.05, 0) is 25.5 Å². The van der Waals surface area contributed by atoms with Crippen molar-refractivity contribution < 1.29 is 24.2 Å². The number of ketones is 1. The molecule has 0 aromatic heterocycles. The Morgan fingerprint density at radius 3 is 2.71 bits per heavy atom. The van der Waals surface area contributed by atoms with E-state index in [2.05, 4.69) is 0 Å². The van der Waals surface area contributed by atoms with Gasteiger partial charge in [-0.3, -0.25) is 14.4 Å². The predicted molar refractivity (Wildman–Crippen MR) is 88.1 cm³/mol. The molecule has 1 atom stereocenters. The molecule has 130 valence electrons. The van der Waals surface area contributed by atoms with Gasteiger partial charge < -0.3 is 14.7 Å². The zero-order chi connectivity index (χ0) is 17.7. The molecule has 0 aliphatic carbocycles. The zero-order valence-electron chi connectivity index (χ0n) is 14.1. The zero-order valence-corrected chi connectivity index (χ0v) is 14.1. The van der Waals surface area contributed by atoms with Crippen molar-refractivity contribution in [3.05, 3.63) is 34.9 Å². The summed E-state index contributed by atoms with van der Waals surface area (Å²) in [4.78, 5) is 37.0. The highest BCUT2D eigenvalue weighted by atomic mass is 16.5. The molecular weight excluding hydrogens is 310 g/mol. The summed E-state index contributed by atoms with van der Waals surface area (Å²) in [7, 11) is 0. The SMILES string of the molecule is Cc1ccc(C)c(C(=O)CCC(=O)N2CCOC(CC(=O)O)C2)c1. The minimum atomic E-state index is -0.945. The molecule has 6 heteroatoms. The number of amides is 1. The number of nitrogens with zero attached hydrogens (tertiary/aromatic N) is 1. The van der Waals surface area contributed by atoms with Gasteiger partial charge in [-0.25, -0.2) is 0 Å². The molecule has 1 fully saturated rings. The maximum atomic E-state index is 12.3. The maximum Gasteiger partial charge on any atom is 0.306 e. The van der Waals surface area contributed by atoms with Crippen molar-refractivity contribution in [3.63, 3.8) is 0 Å². The quantitative estimate of drug-likeness (QED) is 0.805. The lowest BCUT2D eigenvalue weighted by atomic mass is 9.99. The van der Waals surface area contributed by atoms with E-state index in [1.807, 2.05) is 32.0 Å². The second-order valence-corrected chi connectivity index (χ2v) is 6.17. The third-order valence-corrected chi connectivity index (χ3v) is 4.15. The number of carboxylic acid groups (broad SMARTS) is 1. The van der Waals surface area contributed by atoms with Crippen molar-refractivity contribution in [3.8, 4) is 0 Å². The summed E-state index contributed by atoms with van der Waals surface area (Å²) < 4.78 is 5.35. The molecule has 1 saturated heterocycles. The van der Waals surface area contributed by atoms with Crippen molar-refractivity contribution in [1.82, 2.24) is 4.90 Å². The Morgan fingerprint density at radius 1 is 1.25 bits per heavy atom. The minimum Gasteiger partial charge on any atom is -0.481 e. The van der Waals surface area contributed by atoms with Crippen LogP contribution in [0.3, 0.4) is 0 Å². The van der Waals surface area contributed by atoms with Crippen LogP contribution < -0.4 is 0 Å². The number of carboxylic acids is 1. The molecule has 6 nitrogen and oxygen atoms in total. The van der Waals surface area contributed by atoms with E-state index in [4.69, 9.17) is 9.84 Å². The molecular formula is C18H23NO5. The summed E-state index contributed by atoms with van der Waals surface area (Å²) in [5.74, 6) is -1.12. The lowest BCUT2D eigenvalue weighted by Crippen LogP contribution is -2.46. The number of carbonyl (C=O) groups excluding carboxylic acids is 2. The molecule has 1 N–H and O–H groups in total. The Morgan fingerprint density at radius 2 is 2.00 bits per heavy atom. The Hall–Kier alpha value is -2.21. The van der Waals surface area contributed by atoms with E-state index in [0.717, 1.165) is 11.1 Å². The van der Waals surface area contributed by atoms with E-state index < -0.39 is 12.1 Å². The Labute approximate surface area is 141 Å².